The van der Waals surface area contributed by atoms with Gasteiger partial charge in [0, 0.05) is 6.42 Å². The van der Waals surface area contributed by atoms with Gasteiger partial charge in [-0.1, -0.05) is 46.6 Å². The quantitative estimate of drug-likeness (QED) is 0.896. The summed E-state index contributed by atoms with van der Waals surface area (Å²) in [7, 11) is 0. The van der Waals surface area contributed by atoms with Gasteiger partial charge in [-0.15, -0.1) is 0 Å². The molecule has 23 heavy (non-hydrogen) atoms. The molecule has 1 amide bonds. The molecule has 1 heterocycles. The van der Waals surface area contributed by atoms with Gasteiger partial charge in [0.1, 0.15) is 5.82 Å². The van der Waals surface area contributed by atoms with Gasteiger partial charge in [-0.2, -0.15) is 0 Å². The Morgan fingerprint density at radius 2 is 1.96 bits per heavy atom. The summed E-state index contributed by atoms with van der Waals surface area (Å²) in [6, 6.07) is 10.8. The van der Waals surface area contributed by atoms with E-state index < -0.39 is 6.10 Å². The van der Waals surface area contributed by atoms with Crippen molar-refractivity contribution in [3.05, 3.63) is 63.9 Å². The van der Waals surface area contributed by atoms with E-state index in [1.165, 1.54) is 12.1 Å². The standard InChI is InChI=1S/C16H11Cl2FN2O2/c17-11-2-1-3-12(15(11)18)20-16(22)14-8-13(21-23-14)9-4-6-10(19)7-5-9/h1-7,14H,8H2,(H,20,22). The molecule has 1 aliphatic rings. The van der Waals surface area contributed by atoms with Crippen LogP contribution in [0.2, 0.25) is 10.0 Å². The van der Waals surface area contributed by atoms with E-state index in [4.69, 9.17) is 28.0 Å². The van der Waals surface area contributed by atoms with E-state index in [1.54, 1.807) is 30.3 Å². The topological polar surface area (TPSA) is 50.7 Å². The molecule has 4 nitrogen and oxygen atoms in total. The van der Waals surface area contributed by atoms with Crippen molar-refractivity contribution in [1.82, 2.24) is 0 Å². The Balaban J connectivity index is 1.67. The van der Waals surface area contributed by atoms with Gasteiger partial charge in [0.15, 0.2) is 0 Å². The van der Waals surface area contributed by atoms with Gasteiger partial charge in [0.05, 0.1) is 21.4 Å². The minimum absolute atomic E-state index is 0.264. The molecule has 0 aromatic heterocycles. The van der Waals surface area contributed by atoms with Gasteiger partial charge < -0.3 is 10.2 Å². The fraction of sp³-hybridized carbons (Fsp3) is 0.125. The summed E-state index contributed by atoms with van der Waals surface area (Å²) in [5, 5.41) is 7.17. The molecule has 0 spiro atoms. The van der Waals surface area contributed by atoms with Crippen molar-refractivity contribution in [2.75, 3.05) is 5.32 Å². The number of carbonyl (C=O) groups excluding carboxylic acids is 1. The van der Waals surface area contributed by atoms with Crippen LogP contribution in [0.4, 0.5) is 10.1 Å². The molecular weight excluding hydrogens is 342 g/mol. The third-order valence-electron chi connectivity index (χ3n) is 3.35. The van der Waals surface area contributed by atoms with Gasteiger partial charge in [0.25, 0.3) is 5.91 Å². The van der Waals surface area contributed by atoms with Crippen LogP contribution in [0.1, 0.15) is 12.0 Å². The number of nitrogens with one attached hydrogen (secondary N) is 1. The molecule has 0 fully saturated rings. The van der Waals surface area contributed by atoms with Crippen molar-refractivity contribution in [1.29, 1.82) is 0 Å². The van der Waals surface area contributed by atoms with Gasteiger partial charge in [-0.3, -0.25) is 4.79 Å². The molecule has 0 saturated carbocycles. The molecule has 0 aliphatic carbocycles. The number of halogens is 3. The van der Waals surface area contributed by atoms with Crippen molar-refractivity contribution in [2.24, 2.45) is 5.16 Å². The first-order chi connectivity index (χ1) is 11.0. The van der Waals surface area contributed by atoms with Crippen LogP contribution < -0.4 is 5.32 Å². The second-order valence-corrected chi connectivity index (χ2v) is 5.72. The van der Waals surface area contributed by atoms with Crippen LogP contribution in [-0.4, -0.2) is 17.7 Å². The summed E-state index contributed by atoms with van der Waals surface area (Å²) in [6.07, 6.45) is -0.486. The summed E-state index contributed by atoms with van der Waals surface area (Å²) >= 11 is 11.9. The molecule has 0 saturated heterocycles. The van der Waals surface area contributed by atoms with Crippen LogP contribution in [0, 0.1) is 5.82 Å². The number of rotatable bonds is 3. The summed E-state index contributed by atoms with van der Waals surface area (Å²) in [5.41, 5.74) is 1.70. The van der Waals surface area contributed by atoms with E-state index in [9.17, 15) is 9.18 Å². The number of hydrogen-bond acceptors (Lipinski definition) is 3. The molecular formula is C16H11Cl2FN2O2. The summed E-state index contributed by atoms with van der Waals surface area (Å²) in [4.78, 5) is 17.4. The fourth-order valence-electron chi connectivity index (χ4n) is 2.14. The molecule has 0 bridgehead atoms. The maximum atomic E-state index is 12.9. The summed E-state index contributed by atoms with van der Waals surface area (Å²) < 4.78 is 12.9. The normalized spacial score (nSPS) is 16.7. The minimum Gasteiger partial charge on any atom is -0.382 e. The predicted molar refractivity (Wildman–Crippen MR) is 87.5 cm³/mol. The molecule has 1 aliphatic heterocycles. The van der Waals surface area contributed by atoms with Gasteiger partial charge in [-0.25, -0.2) is 4.39 Å². The third-order valence-corrected chi connectivity index (χ3v) is 4.17. The zero-order chi connectivity index (χ0) is 16.4. The molecule has 3 rings (SSSR count). The average Bonchev–Trinajstić information content (AvgIpc) is 3.02. The van der Waals surface area contributed by atoms with Gasteiger partial charge >= 0.3 is 0 Å². The Labute approximate surface area is 141 Å². The number of oxime groups is 1. The SMILES string of the molecule is O=C(Nc1cccc(Cl)c1Cl)C1CC(c2ccc(F)cc2)=NO1. The highest BCUT2D eigenvalue weighted by Crippen LogP contribution is 2.30. The zero-order valence-electron chi connectivity index (χ0n) is 11.7. The first-order valence-electron chi connectivity index (χ1n) is 6.78. The van der Waals surface area contributed by atoms with Crippen LogP contribution in [0.25, 0.3) is 0 Å². The molecule has 2 aromatic rings. The fourth-order valence-corrected chi connectivity index (χ4v) is 2.49. The van der Waals surface area contributed by atoms with Crippen LogP contribution >= 0.6 is 23.2 Å². The van der Waals surface area contributed by atoms with Crippen LogP contribution in [0.5, 0.6) is 0 Å². The first kappa shape index (κ1) is 15.8. The van der Waals surface area contributed by atoms with Crippen LogP contribution in [0.3, 0.4) is 0 Å². The van der Waals surface area contributed by atoms with E-state index >= 15 is 0 Å². The van der Waals surface area contributed by atoms with E-state index in [0.29, 0.717) is 22.0 Å². The van der Waals surface area contributed by atoms with Crippen molar-refractivity contribution < 1.29 is 14.0 Å². The summed E-state index contributed by atoms with van der Waals surface area (Å²) in [5.74, 6) is -0.715. The number of benzene rings is 2. The molecule has 1 N–H and O–H groups in total. The Morgan fingerprint density at radius 3 is 2.70 bits per heavy atom. The number of anilines is 1. The Kier molecular flexibility index (Phi) is 4.50. The lowest BCUT2D eigenvalue weighted by molar-refractivity contribution is -0.125. The minimum atomic E-state index is -0.773. The number of hydrogen-bond donors (Lipinski definition) is 1. The second-order valence-electron chi connectivity index (χ2n) is 4.93. The maximum absolute atomic E-state index is 12.9. The van der Waals surface area contributed by atoms with E-state index in [0.717, 1.165) is 0 Å². The van der Waals surface area contributed by atoms with Gasteiger partial charge in [0.2, 0.25) is 6.10 Å². The lowest BCUT2D eigenvalue weighted by Gasteiger charge is -2.11. The number of carbonyl (C=O) groups is 1. The van der Waals surface area contributed by atoms with Crippen molar-refractivity contribution >= 4 is 40.5 Å². The van der Waals surface area contributed by atoms with E-state index in [1.807, 2.05) is 0 Å². The largest absolute Gasteiger partial charge is 0.382 e. The molecule has 1 atom stereocenters. The Hall–Kier alpha value is -2.11. The molecule has 118 valence electrons. The highest BCUT2D eigenvalue weighted by molar-refractivity contribution is 6.44. The first-order valence-corrected chi connectivity index (χ1v) is 7.53. The maximum Gasteiger partial charge on any atom is 0.268 e. The van der Waals surface area contributed by atoms with E-state index in [-0.39, 0.29) is 23.2 Å². The molecule has 0 radical (unpaired) electrons. The molecule has 1 unspecified atom stereocenters. The second kappa shape index (κ2) is 6.56. The lowest BCUT2D eigenvalue weighted by Crippen LogP contribution is -2.28. The smallest absolute Gasteiger partial charge is 0.268 e. The summed E-state index contributed by atoms with van der Waals surface area (Å²) in [6.45, 7) is 0. The number of nitrogens with zero attached hydrogens (tertiary/aromatic N) is 1. The lowest BCUT2D eigenvalue weighted by atomic mass is 10.0. The Morgan fingerprint density at radius 1 is 1.22 bits per heavy atom. The average molecular weight is 353 g/mol. The number of amides is 1. The molecule has 7 heteroatoms. The van der Waals surface area contributed by atoms with E-state index in [2.05, 4.69) is 10.5 Å². The van der Waals surface area contributed by atoms with Crippen LogP contribution in [-0.2, 0) is 9.63 Å². The highest BCUT2D eigenvalue weighted by Gasteiger charge is 2.29. The van der Waals surface area contributed by atoms with Crippen LogP contribution in [0.15, 0.2) is 47.6 Å². The predicted octanol–water partition coefficient (Wildman–Crippen LogP) is 4.26. The van der Waals surface area contributed by atoms with Crippen molar-refractivity contribution in [2.45, 2.75) is 12.5 Å². The highest BCUT2D eigenvalue weighted by atomic mass is 35.5. The molecule has 2 aromatic carbocycles. The van der Waals surface area contributed by atoms with Gasteiger partial charge in [-0.05, 0) is 29.8 Å². The van der Waals surface area contributed by atoms with Crippen molar-refractivity contribution in [3.8, 4) is 0 Å². The van der Waals surface area contributed by atoms with Crippen molar-refractivity contribution in [3.63, 3.8) is 0 Å². The monoisotopic (exact) mass is 352 g/mol. The Bertz CT molecular complexity index is 778. The third kappa shape index (κ3) is 3.46. The zero-order valence-corrected chi connectivity index (χ0v) is 13.2.